The summed E-state index contributed by atoms with van der Waals surface area (Å²) in [4.78, 5) is 6.73. The predicted octanol–water partition coefficient (Wildman–Crippen LogP) is 2.45. The molecule has 0 bridgehead atoms. The van der Waals surface area contributed by atoms with Crippen molar-refractivity contribution in [3.05, 3.63) is 0 Å². The van der Waals surface area contributed by atoms with E-state index in [1.165, 1.54) is 12.8 Å². The van der Waals surface area contributed by atoms with Crippen molar-refractivity contribution >= 4 is 29.9 Å². The van der Waals surface area contributed by atoms with Crippen molar-refractivity contribution in [2.75, 3.05) is 26.2 Å². The van der Waals surface area contributed by atoms with Crippen molar-refractivity contribution in [2.45, 2.75) is 46.0 Å². The molecular weight excluding hydrogens is 353 g/mol. The van der Waals surface area contributed by atoms with Gasteiger partial charge in [-0.25, -0.2) is 0 Å². The summed E-state index contributed by atoms with van der Waals surface area (Å²) in [6.45, 7) is 7.52. The number of likely N-dealkylation sites (tertiary alicyclic amines) is 1. The zero-order chi connectivity index (χ0) is 13.4. The third-order valence-electron chi connectivity index (χ3n) is 3.73. The van der Waals surface area contributed by atoms with Gasteiger partial charge in [0.1, 0.15) is 0 Å². The number of rotatable bonds is 6. The summed E-state index contributed by atoms with van der Waals surface area (Å²) in [6.07, 6.45) is 5.61. The molecule has 0 aliphatic carbocycles. The molecule has 1 heterocycles. The topological polar surface area (TPSA) is 61.9 Å². The summed E-state index contributed by atoms with van der Waals surface area (Å²) in [5, 5.41) is 9.02. The van der Waals surface area contributed by atoms with Gasteiger partial charge in [0.15, 0.2) is 5.96 Å². The Hall–Kier alpha value is -0.0400. The average molecular weight is 383 g/mol. The maximum absolute atomic E-state index is 9.02. The van der Waals surface area contributed by atoms with Crippen molar-refractivity contribution in [2.24, 2.45) is 22.6 Å². The summed E-state index contributed by atoms with van der Waals surface area (Å²) in [5.74, 6) is 1.89. The van der Waals surface area contributed by atoms with E-state index in [2.05, 4.69) is 23.7 Å². The van der Waals surface area contributed by atoms with Crippen molar-refractivity contribution in [3.8, 4) is 0 Å². The molecule has 1 aliphatic rings. The summed E-state index contributed by atoms with van der Waals surface area (Å²) in [5.41, 5.74) is 6.06. The Morgan fingerprint density at radius 3 is 2.79 bits per heavy atom. The van der Waals surface area contributed by atoms with E-state index in [0.29, 0.717) is 11.9 Å². The van der Waals surface area contributed by atoms with Gasteiger partial charge in [0.25, 0.3) is 0 Å². The molecule has 4 nitrogen and oxygen atoms in total. The van der Waals surface area contributed by atoms with Crippen LogP contribution in [0.5, 0.6) is 0 Å². The third-order valence-corrected chi connectivity index (χ3v) is 3.73. The molecule has 0 aromatic heterocycles. The lowest BCUT2D eigenvalue weighted by Gasteiger charge is -2.31. The van der Waals surface area contributed by atoms with Gasteiger partial charge >= 0.3 is 0 Å². The lowest BCUT2D eigenvalue weighted by molar-refractivity contribution is 0.251. The van der Waals surface area contributed by atoms with Crippen LogP contribution in [0.3, 0.4) is 0 Å². The van der Waals surface area contributed by atoms with Crippen LogP contribution in [0.4, 0.5) is 0 Å². The Bertz CT molecular complexity index is 255. The highest BCUT2D eigenvalue weighted by Gasteiger charge is 2.17. The molecule has 3 N–H and O–H groups in total. The highest BCUT2D eigenvalue weighted by molar-refractivity contribution is 14.0. The molecule has 2 atom stereocenters. The van der Waals surface area contributed by atoms with Gasteiger partial charge in [0, 0.05) is 26.2 Å². The number of nitrogens with two attached hydrogens (primary N) is 1. The normalized spacial score (nSPS) is 21.9. The van der Waals surface area contributed by atoms with Gasteiger partial charge in [-0.05, 0) is 37.5 Å². The number of piperidine rings is 1. The molecule has 0 aromatic rings. The number of aliphatic hydroxyl groups is 1. The number of aliphatic imine (C=N–C) groups is 1. The summed E-state index contributed by atoms with van der Waals surface area (Å²) in [7, 11) is 0. The Morgan fingerprint density at radius 1 is 1.47 bits per heavy atom. The summed E-state index contributed by atoms with van der Waals surface area (Å²) in [6, 6.07) is 0. The zero-order valence-electron chi connectivity index (χ0n) is 12.3. The molecule has 1 rings (SSSR count). The largest absolute Gasteiger partial charge is 0.396 e. The van der Waals surface area contributed by atoms with Gasteiger partial charge in [-0.3, -0.25) is 4.99 Å². The number of aliphatic hydroxyl groups excluding tert-OH is 1. The number of halogens is 1. The number of guanidine groups is 1. The molecule has 0 radical (unpaired) electrons. The molecule has 114 valence electrons. The lowest BCUT2D eigenvalue weighted by atomic mass is 10.00. The molecule has 1 fully saturated rings. The van der Waals surface area contributed by atoms with Crippen LogP contribution in [0.1, 0.15) is 46.0 Å². The molecular formula is C14H30IN3O. The first-order valence-corrected chi connectivity index (χ1v) is 7.33. The smallest absolute Gasteiger partial charge is 0.191 e. The van der Waals surface area contributed by atoms with Gasteiger partial charge in [0.05, 0.1) is 0 Å². The maximum Gasteiger partial charge on any atom is 0.191 e. The minimum atomic E-state index is 0. The molecule has 0 saturated carbocycles. The minimum absolute atomic E-state index is 0. The fourth-order valence-electron chi connectivity index (χ4n) is 2.64. The van der Waals surface area contributed by atoms with Crippen molar-refractivity contribution in [3.63, 3.8) is 0 Å². The van der Waals surface area contributed by atoms with Crippen LogP contribution >= 0.6 is 24.0 Å². The van der Waals surface area contributed by atoms with E-state index in [1.807, 2.05) is 0 Å². The van der Waals surface area contributed by atoms with E-state index >= 15 is 0 Å². The van der Waals surface area contributed by atoms with Gasteiger partial charge in [0.2, 0.25) is 0 Å². The fraction of sp³-hybridized carbons (Fsp3) is 0.929. The minimum Gasteiger partial charge on any atom is -0.396 e. The SMILES string of the molecule is CCCC(CCO)CN=C(N)N1CCCC(C)C1.I. The second-order valence-corrected chi connectivity index (χ2v) is 5.56. The van der Waals surface area contributed by atoms with Crippen LogP contribution in [0, 0.1) is 11.8 Å². The first kappa shape index (κ1) is 19.0. The second-order valence-electron chi connectivity index (χ2n) is 5.56. The van der Waals surface area contributed by atoms with E-state index in [1.54, 1.807) is 0 Å². The molecule has 2 unspecified atom stereocenters. The third kappa shape index (κ3) is 7.34. The van der Waals surface area contributed by atoms with E-state index in [-0.39, 0.29) is 30.6 Å². The average Bonchev–Trinajstić information content (AvgIpc) is 2.36. The number of nitrogens with zero attached hydrogens (tertiary/aromatic N) is 2. The number of hydrogen-bond donors (Lipinski definition) is 2. The standard InChI is InChI=1S/C14H29N3O.HI/c1-3-5-13(7-9-18)10-16-14(15)17-8-4-6-12(2)11-17;/h12-13,18H,3-11H2,1-2H3,(H2,15,16);1H. The number of hydrogen-bond acceptors (Lipinski definition) is 2. The highest BCUT2D eigenvalue weighted by atomic mass is 127. The molecule has 1 aliphatic heterocycles. The molecule has 19 heavy (non-hydrogen) atoms. The van der Waals surface area contributed by atoms with Crippen molar-refractivity contribution in [1.82, 2.24) is 4.90 Å². The first-order valence-electron chi connectivity index (χ1n) is 7.33. The Kier molecular flexibility index (Phi) is 10.7. The van der Waals surface area contributed by atoms with Crippen LogP contribution in [0.15, 0.2) is 4.99 Å². The van der Waals surface area contributed by atoms with E-state index < -0.39 is 0 Å². The molecule has 1 saturated heterocycles. The zero-order valence-corrected chi connectivity index (χ0v) is 14.7. The second kappa shape index (κ2) is 10.7. The van der Waals surface area contributed by atoms with Crippen LogP contribution < -0.4 is 5.73 Å². The van der Waals surface area contributed by atoms with Crippen molar-refractivity contribution in [1.29, 1.82) is 0 Å². The fourth-order valence-corrected chi connectivity index (χ4v) is 2.64. The van der Waals surface area contributed by atoms with Gasteiger partial charge in [-0.2, -0.15) is 0 Å². The van der Waals surface area contributed by atoms with E-state index in [0.717, 1.165) is 44.8 Å². The lowest BCUT2D eigenvalue weighted by Crippen LogP contribution is -2.43. The van der Waals surface area contributed by atoms with Gasteiger partial charge < -0.3 is 15.7 Å². The highest BCUT2D eigenvalue weighted by Crippen LogP contribution is 2.16. The van der Waals surface area contributed by atoms with E-state index in [4.69, 9.17) is 10.8 Å². The van der Waals surface area contributed by atoms with Crippen LogP contribution in [0.25, 0.3) is 0 Å². The molecule has 0 amide bonds. The monoisotopic (exact) mass is 383 g/mol. The Balaban J connectivity index is 0.00000324. The molecule has 5 heteroatoms. The van der Waals surface area contributed by atoms with Gasteiger partial charge in [-0.1, -0.05) is 20.3 Å². The molecule has 0 aromatic carbocycles. The Labute approximate surface area is 134 Å². The van der Waals surface area contributed by atoms with E-state index in [9.17, 15) is 0 Å². The molecule has 0 spiro atoms. The first-order chi connectivity index (χ1) is 8.67. The van der Waals surface area contributed by atoms with Crippen molar-refractivity contribution < 1.29 is 5.11 Å². The van der Waals surface area contributed by atoms with Crippen LogP contribution in [-0.4, -0.2) is 42.2 Å². The Morgan fingerprint density at radius 2 is 2.21 bits per heavy atom. The quantitative estimate of drug-likeness (QED) is 0.421. The summed E-state index contributed by atoms with van der Waals surface area (Å²) >= 11 is 0. The predicted molar refractivity (Wildman–Crippen MR) is 92.0 cm³/mol. The maximum atomic E-state index is 9.02. The van der Waals surface area contributed by atoms with Crippen LogP contribution in [0.2, 0.25) is 0 Å². The summed E-state index contributed by atoms with van der Waals surface area (Å²) < 4.78 is 0. The van der Waals surface area contributed by atoms with Crippen LogP contribution in [-0.2, 0) is 0 Å². The van der Waals surface area contributed by atoms with Gasteiger partial charge in [-0.15, -0.1) is 24.0 Å².